The molecule has 0 aromatic carbocycles. The van der Waals surface area contributed by atoms with Crippen molar-refractivity contribution >= 4 is 23.4 Å². The molecule has 6 nitrogen and oxygen atoms in total. The topological polar surface area (TPSA) is 63.1 Å². The lowest BCUT2D eigenvalue weighted by atomic mass is 10.00. The molecule has 6 heteroatoms. The zero-order valence-electron chi connectivity index (χ0n) is 16.6. The normalized spacial score (nSPS) is 23.1. The van der Waals surface area contributed by atoms with Crippen molar-refractivity contribution in [3.63, 3.8) is 0 Å². The van der Waals surface area contributed by atoms with Crippen LogP contribution in [0.15, 0.2) is 49.1 Å². The van der Waals surface area contributed by atoms with E-state index in [1.54, 1.807) is 12.3 Å². The third-order valence-corrected chi connectivity index (χ3v) is 6.21. The van der Waals surface area contributed by atoms with E-state index in [1.807, 2.05) is 30.4 Å². The summed E-state index contributed by atoms with van der Waals surface area (Å²) >= 11 is 0. The summed E-state index contributed by atoms with van der Waals surface area (Å²) in [5.74, 6) is 2.95. The summed E-state index contributed by atoms with van der Waals surface area (Å²) in [4.78, 5) is 23.6. The highest BCUT2D eigenvalue weighted by Gasteiger charge is 2.38. The van der Waals surface area contributed by atoms with Crippen molar-refractivity contribution in [1.82, 2.24) is 19.4 Å². The smallest absolute Gasteiger partial charge is 0.246 e. The Balaban J connectivity index is 1.23. The van der Waals surface area contributed by atoms with Crippen LogP contribution >= 0.6 is 0 Å². The van der Waals surface area contributed by atoms with E-state index in [-0.39, 0.29) is 5.91 Å². The van der Waals surface area contributed by atoms with Gasteiger partial charge in [0.05, 0.1) is 0 Å². The minimum absolute atomic E-state index is 0.0792. The number of anilines is 1. The Labute approximate surface area is 170 Å². The Morgan fingerprint density at radius 3 is 3.00 bits per heavy atom. The molecule has 2 aromatic heterocycles. The van der Waals surface area contributed by atoms with Gasteiger partial charge >= 0.3 is 0 Å². The summed E-state index contributed by atoms with van der Waals surface area (Å²) in [5.41, 5.74) is 4.45. The fourth-order valence-electron chi connectivity index (χ4n) is 4.64. The highest BCUT2D eigenvalue weighted by molar-refractivity contribution is 5.92. The van der Waals surface area contributed by atoms with Gasteiger partial charge in [-0.2, -0.15) is 0 Å². The number of aromatic nitrogens is 3. The number of aryl methyl sites for hydroxylation is 2. The SMILES string of the molecule is C=C1CCc2cc(/C=C/C(=O)N3CC4C=C(c5nccn5C)CC4C3)cnc2N1. The highest BCUT2D eigenvalue weighted by atomic mass is 16.2. The number of hydrogen-bond acceptors (Lipinski definition) is 4. The molecule has 0 bridgehead atoms. The van der Waals surface area contributed by atoms with Crippen molar-refractivity contribution in [1.29, 1.82) is 0 Å². The number of pyridine rings is 1. The Morgan fingerprint density at radius 1 is 1.31 bits per heavy atom. The number of imidazole rings is 1. The molecule has 2 aliphatic heterocycles. The summed E-state index contributed by atoms with van der Waals surface area (Å²) in [7, 11) is 2.03. The lowest BCUT2D eigenvalue weighted by Gasteiger charge is -2.19. The Bertz CT molecular complexity index is 1050. The van der Waals surface area contributed by atoms with Gasteiger partial charge in [-0.05, 0) is 59.9 Å². The van der Waals surface area contributed by atoms with Crippen molar-refractivity contribution < 1.29 is 4.79 Å². The molecule has 0 radical (unpaired) electrons. The number of amides is 1. The largest absolute Gasteiger partial charge is 0.344 e. The van der Waals surface area contributed by atoms with Crippen molar-refractivity contribution in [3.8, 4) is 0 Å². The number of likely N-dealkylation sites (tertiary alicyclic amines) is 1. The fourth-order valence-corrected chi connectivity index (χ4v) is 4.64. The zero-order valence-corrected chi connectivity index (χ0v) is 16.6. The first-order chi connectivity index (χ1) is 14.1. The second-order valence-electron chi connectivity index (χ2n) is 8.26. The van der Waals surface area contributed by atoms with Crippen molar-refractivity contribution in [2.75, 3.05) is 18.4 Å². The first-order valence-corrected chi connectivity index (χ1v) is 10.2. The van der Waals surface area contributed by atoms with Crippen molar-refractivity contribution in [3.05, 3.63) is 66.0 Å². The second kappa shape index (κ2) is 7.03. The molecule has 148 valence electrons. The number of nitrogens with zero attached hydrogens (tertiary/aromatic N) is 4. The van der Waals surface area contributed by atoms with Gasteiger partial charge in [-0.25, -0.2) is 9.97 Å². The van der Waals surface area contributed by atoms with Crippen LogP contribution < -0.4 is 5.32 Å². The zero-order chi connectivity index (χ0) is 20.0. The van der Waals surface area contributed by atoms with Gasteiger partial charge in [-0.3, -0.25) is 4.79 Å². The number of carbonyl (C=O) groups is 1. The van der Waals surface area contributed by atoms with Gasteiger partial charge < -0.3 is 14.8 Å². The van der Waals surface area contributed by atoms with Crippen LogP contribution in [0.4, 0.5) is 5.82 Å². The standard InChI is InChI=1S/C23H25N5O/c1-15-3-5-17-9-16(12-25-22(17)26-15)4-6-21(29)28-13-19-10-18(11-20(19)14-28)23-24-7-8-27(23)2/h4,6-10,12,19-20H,1,3,5,11,13-14H2,2H3,(H,25,26)/b6-4+. The summed E-state index contributed by atoms with van der Waals surface area (Å²) in [6, 6.07) is 2.10. The van der Waals surface area contributed by atoms with E-state index in [1.165, 1.54) is 11.1 Å². The van der Waals surface area contributed by atoms with Crippen LogP contribution in [0.1, 0.15) is 29.8 Å². The van der Waals surface area contributed by atoms with E-state index in [4.69, 9.17) is 0 Å². The first-order valence-electron chi connectivity index (χ1n) is 10.2. The maximum atomic E-state index is 12.7. The molecule has 1 saturated heterocycles. The molecule has 1 amide bonds. The third-order valence-electron chi connectivity index (χ3n) is 6.21. The molecule has 2 atom stereocenters. The highest BCUT2D eigenvalue weighted by Crippen LogP contribution is 2.40. The van der Waals surface area contributed by atoms with E-state index in [2.05, 4.69) is 38.6 Å². The summed E-state index contributed by atoms with van der Waals surface area (Å²) < 4.78 is 2.07. The lowest BCUT2D eigenvalue weighted by Crippen LogP contribution is -2.27. The predicted molar refractivity (Wildman–Crippen MR) is 114 cm³/mol. The van der Waals surface area contributed by atoms with Gasteiger partial charge in [0.1, 0.15) is 11.6 Å². The van der Waals surface area contributed by atoms with E-state index in [0.29, 0.717) is 11.8 Å². The van der Waals surface area contributed by atoms with E-state index < -0.39 is 0 Å². The number of nitrogens with one attached hydrogen (secondary N) is 1. The van der Waals surface area contributed by atoms with Crippen molar-refractivity contribution in [2.24, 2.45) is 18.9 Å². The Kier molecular flexibility index (Phi) is 4.34. The molecule has 3 aliphatic rings. The van der Waals surface area contributed by atoms with Gasteiger partial charge in [0.25, 0.3) is 0 Å². The third kappa shape index (κ3) is 3.39. The molecular formula is C23H25N5O. The van der Waals surface area contributed by atoms with Gasteiger partial charge in [0, 0.05) is 50.5 Å². The fraction of sp³-hybridized carbons (Fsp3) is 0.348. The lowest BCUT2D eigenvalue weighted by molar-refractivity contribution is -0.125. The molecule has 29 heavy (non-hydrogen) atoms. The summed E-state index contributed by atoms with van der Waals surface area (Å²) in [5, 5.41) is 3.22. The van der Waals surface area contributed by atoms with Gasteiger partial charge in [0.2, 0.25) is 5.91 Å². The Morgan fingerprint density at radius 2 is 2.21 bits per heavy atom. The number of allylic oxidation sites excluding steroid dienone is 2. The maximum absolute atomic E-state index is 12.7. The van der Waals surface area contributed by atoms with Gasteiger partial charge in [-0.15, -0.1) is 0 Å². The monoisotopic (exact) mass is 387 g/mol. The average molecular weight is 387 g/mol. The molecule has 2 unspecified atom stereocenters. The maximum Gasteiger partial charge on any atom is 0.246 e. The molecule has 4 heterocycles. The Hall–Kier alpha value is -3.15. The second-order valence-corrected chi connectivity index (χ2v) is 8.26. The van der Waals surface area contributed by atoms with Crippen LogP contribution in [0.25, 0.3) is 11.6 Å². The molecule has 1 aliphatic carbocycles. The van der Waals surface area contributed by atoms with E-state index in [0.717, 1.165) is 55.3 Å². The van der Waals surface area contributed by atoms with Crippen molar-refractivity contribution in [2.45, 2.75) is 19.3 Å². The molecule has 2 aromatic rings. The van der Waals surface area contributed by atoms with Crippen LogP contribution in [0.2, 0.25) is 0 Å². The molecule has 5 rings (SSSR count). The molecule has 0 saturated carbocycles. The van der Waals surface area contributed by atoms with Crippen LogP contribution in [0.3, 0.4) is 0 Å². The summed E-state index contributed by atoms with van der Waals surface area (Å²) in [6.45, 7) is 5.56. The number of carbonyl (C=O) groups excluding carboxylic acids is 1. The number of hydrogen-bond donors (Lipinski definition) is 1. The molecule has 1 N–H and O–H groups in total. The summed E-state index contributed by atoms with van der Waals surface area (Å²) in [6.07, 6.45) is 14.4. The van der Waals surface area contributed by atoms with Crippen LogP contribution in [-0.4, -0.2) is 38.4 Å². The van der Waals surface area contributed by atoms with Crippen LogP contribution in [0.5, 0.6) is 0 Å². The number of fused-ring (bicyclic) bond motifs is 2. The minimum atomic E-state index is 0.0792. The van der Waals surface area contributed by atoms with Crippen LogP contribution in [0, 0.1) is 11.8 Å². The molecule has 0 spiro atoms. The average Bonchev–Trinajstić information content (AvgIpc) is 3.40. The predicted octanol–water partition coefficient (Wildman–Crippen LogP) is 3.26. The van der Waals surface area contributed by atoms with Gasteiger partial charge in [-0.1, -0.05) is 12.7 Å². The first kappa shape index (κ1) is 17.9. The van der Waals surface area contributed by atoms with E-state index in [9.17, 15) is 4.79 Å². The minimum Gasteiger partial charge on any atom is -0.344 e. The molecular weight excluding hydrogens is 362 g/mol. The van der Waals surface area contributed by atoms with Crippen LogP contribution in [-0.2, 0) is 18.3 Å². The van der Waals surface area contributed by atoms with E-state index >= 15 is 0 Å². The quantitative estimate of drug-likeness (QED) is 0.821. The van der Waals surface area contributed by atoms with Gasteiger partial charge in [0.15, 0.2) is 0 Å². The molecule has 1 fully saturated rings. The number of rotatable bonds is 3.